The van der Waals surface area contributed by atoms with Crippen LogP contribution in [0.5, 0.6) is 0 Å². The van der Waals surface area contributed by atoms with Crippen molar-refractivity contribution >= 4 is 29.3 Å². The largest absolute Gasteiger partial charge is 0.453 e. The van der Waals surface area contributed by atoms with Gasteiger partial charge in [0, 0.05) is 23.5 Å². The summed E-state index contributed by atoms with van der Waals surface area (Å²) < 4.78 is 5.30. The number of esters is 1. The first-order valence-corrected chi connectivity index (χ1v) is 10.4. The van der Waals surface area contributed by atoms with Crippen LogP contribution in [0.2, 0.25) is 0 Å². The Labute approximate surface area is 170 Å². The summed E-state index contributed by atoms with van der Waals surface area (Å²) in [5, 5.41) is 3.53. The summed E-state index contributed by atoms with van der Waals surface area (Å²) >= 11 is 1.49. The molecule has 0 fully saturated rings. The lowest BCUT2D eigenvalue weighted by Gasteiger charge is -2.15. The Morgan fingerprint density at radius 3 is 2.36 bits per heavy atom. The minimum atomic E-state index is -0.870. The number of nitrogens with one attached hydrogen (secondary N) is 1. The molecule has 0 saturated heterocycles. The Hall–Kier alpha value is -2.41. The molecular weight excluding hydrogens is 374 g/mol. The number of rotatable bonds is 7. The smallest absolute Gasteiger partial charge is 0.306 e. The average Bonchev–Trinajstić information content (AvgIpc) is 2.62. The van der Waals surface area contributed by atoms with Crippen LogP contribution in [0.25, 0.3) is 0 Å². The number of hydrogen-bond acceptors (Lipinski definition) is 6. The molecular formula is C21H27N3O3S. The third-order valence-corrected chi connectivity index (χ3v) is 5.03. The summed E-state index contributed by atoms with van der Waals surface area (Å²) in [7, 11) is 0. The maximum Gasteiger partial charge on any atom is 0.306 e. The van der Waals surface area contributed by atoms with Crippen molar-refractivity contribution in [3.63, 3.8) is 0 Å². The lowest BCUT2D eigenvalue weighted by molar-refractivity contribution is -0.153. The molecule has 2 rings (SSSR count). The van der Waals surface area contributed by atoms with Gasteiger partial charge in [0.25, 0.3) is 5.91 Å². The van der Waals surface area contributed by atoms with E-state index in [2.05, 4.69) is 15.3 Å². The molecule has 2 aromatic rings. The van der Waals surface area contributed by atoms with Gasteiger partial charge < -0.3 is 10.1 Å². The van der Waals surface area contributed by atoms with Crippen LogP contribution in [0.15, 0.2) is 23.4 Å². The molecule has 0 spiro atoms. The molecule has 0 aliphatic rings. The van der Waals surface area contributed by atoms with Crippen LogP contribution >= 0.6 is 11.8 Å². The lowest BCUT2D eigenvalue weighted by Crippen LogP contribution is -2.30. The first-order chi connectivity index (χ1) is 13.2. The molecule has 0 radical (unpaired) electrons. The van der Waals surface area contributed by atoms with Crippen LogP contribution in [-0.2, 0) is 20.7 Å². The number of ether oxygens (including phenoxy) is 1. The summed E-state index contributed by atoms with van der Waals surface area (Å²) in [5.74, 6) is -0.767. The monoisotopic (exact) mass is 401 g/mol. The molecule has 150 valence electrons. The number of thioether (sulfide) groups is 1. The maximum atomic E-state index is 12.3. The van der Waals surface area contributed by atoms with Crippen LogP contribution in [0, 0.1) is 27.7 Å². The summed E-state index contributed by atoms with van der Waals surface area (Å²) in [6.45, 7) is 9.31. The van der Waals surface area contributed by atoms with Gasteiger partial charge in [-0.3, -0.25) is 9.59 Å². The van der Waals surface area contributed by atoms with Crippen molar-refractivity contribution in [2.45, 2.75) is 58.7 Å². The van der Waals surface area contributed by atoms with Crippen molar-refractivity contribution in [1.29, 1.82) is 0 Å². The molecule has 0 bridgehead atoms. The fraction of sp³-hybridized carbons (Fsp3) is 0.429. The minimum absolute atomic E-state index is 0.171. The zero-order valence-corrected chi connectivity index (χ0v) is 18.1. The molecule has 0 aliphatic carbocycles. The second-order valence-electron chi connectivity index (χ2n) is 6.80. The second-order valence-corrected chi connectivity index (χ2v) is 7.57. The number of aromatic nitrogens is 2. The summed E-state index contributed by atoms with van der Waals surface area (Å²) in [6, 6.07) is 5.76. The van der Waals surface area contributed by atoms with E-state index >= 15 is 0 Å². The topological polar surface area (TPSA) is 81.2 Å². The van der Waals surface area contributed by atoms with Gasteiger partial charge in [-0.1, -0.05) is 29.5 Å². The molecule has 0 aliphatic heterocycles. The van der Waals surface area contributed by atoms with E-state index in [0.29, 0.717) is 6.42 Å². The predicted octanol–water partition coefficient (Wildman–Crippen LogP) is 3.94. The van der Waals surface area contributed by atoms with Gasteiger partial charge in [-0.05, 0) is 64.5 Å². The van der Waals surface area contributed by atoms with Gasteiger partial charge in [-0.2, -0.15) is 0 Å². The molecule has 6 nitrogen and oxygen atoms in total. The third-order valence-electron chi connectivity index (χ3n) is 4.48. The number of carbonyl (C=O) groups excluding carboxylic acids is 2. The average molecular weight is 402 g/mol. The number of anilines is 1. The van der Waals surface area contributed by atoms with Crippen molar-refractivity contribution < 1.29 is 14.3 Å². The quantitative estimate of drug-likeness (QED) is 0.430. The van der Waals surface area contributed by atoms with Gasteiger partial charge in [0.2, 0.25) is 0 Å². The van der Waals surface area contributed by atoms with E-state index in [-0.39, 0.29) is 12.3 Å². The Morgan fingerprint density at radius 2 is 1.79 bits per heavy atom. The van der Waals surface area contributed by atoms with Crippen LogP contribution in [0.4, 0.5) is 5.69 Å². The van der Waals surface area contributed by atoms with E-state index in [9.17, 15) is 9.59 Å². The summed E-state index contributed by atoms with van der Waals surface area (Å²) in [5.41, 5.74) is 5.48. The van der Waals surface area contributed by atoms with Crippen molar-refractivity contribution in [2.75, 3.05) is 11.6 Å². The van der Waals surface area contributed by atoms with Gasteiger partial charge in [-0.25, -0.2) is 9.97 Å². The lowest BCUT2D eigenvalue weighted by atomic mass is 10.1. The van der Waals surface area contributed by atoms with E-state index < -0.39 is 12.1 Å². The zero-order valence-electron chi connectivity index (χ0n) is 17.3. The van der Waals surface area contributed by atoms with Crippen LogP contribution in [0.1, 0.15) is 41.4 Å². The highest BCUT2D eigenvalue weighted by atomic mass is 32.2. The van der Waals surface area contributed by atoms with Crippen LogP contribution in [-0.4, -0.2) is 34.2 Å². The molecule has 1 amide bonds. The van der Waals surface area contributed by atoms with Gasteiger partial charge in [0.05, 0.1) is 0 Å². The molecule has 1 N–H and O–H groups in total. The first kappa shape index (κ1) is 21.9. The normalized spacial score (nSPS) is 11.8. The van der Waals surface area contributed by atoms with Gasteiger partial charge in [-0.15, -0.1) is 0 Å². The molecule has 1 aromatic carbocycles. The number of hydrogen-bond donors (Lipinski definition) is 1. The number of nitrogens with zero attached hydrogens (tertiary/aromatic N) is 2. The van der Waals surface area contributed by atoms with Crippen molar-refractivity contribution in [3.05, 3.63) is 46.3 Å². The van der Waals surface area contributed by atoms with E-state index in [1.165, 1.54) is 11.8 Å². The Morgan fingerprint density at radius 1 is 1.14 bits per heavy atom. The van der Waals surface area contributed by atoms with E-state index in [0.717, 1.165) is 38.9 Å². The number of carbonyl (C=O) groups is 2. The van der Waals surface area contributed by atoms with E-state index in [1.54, 1.807) is 6.92 Å². The second kappa shape index (κ2) is 9.68. The standard InChI is InChI=1S/C21H27N3O3S/c1-12-7-9-18(13(2)11-12)24-20(26)16(5)27-19(25)10-8-17-14(3)22-21(28-6)23-15(17)4/h7,9,11,16H,8,10H2,1-6H3,(H,24,26)/t16-/m1/s1. The Bertz CT molecular complexity index is 860. The van der Waals surface area contributed by atoms with Crippen molar-refractivity contribution in [1.82, 2.24) is 9.97 Å². The number of amides is 1. The van der Waals surface area contributed by atoms with Crippen LogP contribution in [0.3, 0.4) is 0 Å². The fourth-order valence-electron chi connectivity index (χ4n) is 2.89. The van der Waals surface area contributed by atoms with Gasteiger partial charge >= 0.3 is 5.97 Å². The zero-order chi connectivity index (χ0) is 20.8. The molecule has 0 saturated carbocycles. The first-order valence-electron chi connectivity index (χ1n) is 9.17. The highest BCUT2D eigenvalue weighted by Gasteiger charge is 2.19. The van der Waals surface area contributed by atoms with E-state index in [4.69, 9.17) is 4.74 Å². The summed E-state index contributed by atoms with van der Waals surface area (Å²) in [4.78, 5) is 33.4. The summed E-state index contributed by atoms with van der Waals surface area (Å²) in [6.07, 6.45) is 1.71. The molecule has 1 aromatic heterocycles. The maximum absolute atomic E-state index is 12.3. The number of benzene rings is 1. The fourth-order valence-corrected chi connectivity index (χ4v) is 3.34. The van der Waals surface area contributed by atoms with Gasteiger partial charge in [0.15, 0.2) is 11.3 Å². The molecule has 7 heteroatoms. The molecule has 28 heavy (non-hydrogen) atoms. The predicted molar refractivity (Wildman–Crippen MR) is 112 cm³/mol. The van der Waals surface area contributed by atoms with Crippen molar-refractivity contribution in [2.24, 2.45) is 0 Å². The van der Waals surface area contributed by atoms with Crippen LogP contribution < -0.4 is 5.32 Å². The molecule has 1 atom stereocenters. The van der Waals surface area contributed by atoms with E-state index in [1.807, 2.05) is 52.1 Å². The van der Waals surface area contributed by atoms with Gasteiger partial charge in [0.1, 0.15) is 0 Å². The third kappa shape index (κ3) is 5.79. The SMILES string of the molecule is CSc1nc(C)c(CCC(=O)O[C@H](C)C(=O)Nc2ccc(C)cc2C)c(C)n1. The molecule has 0 unspecified atom stereocenters. The highest BCUT2D eigenvalue weighted by Crippen LogP contribution is 2.18. The minimum Gasteiger partial charge on any atom is -0.453 e. The number of aryl methyl sites for hydroxylation is 4. The highest BCUT2D eigenvalue weighted by molar-refractivity contribution is 7.98. The Kier molecular flexibility index (Phi) is 7.57. The Balaban J connectivity index is 1.91. The molecule has 1 heterocycles. The van der Waals surface area contributed by atoms with Crippen molar-refractivity contribution in [3.8, 4) is 0 Å².